The average molecular weight is 342 g/mol. The minimum absolute atomic E-state index is 0.134. The van der Waals surface area contributed by atoms with Crippen LogP contribution in [0.4, 0.5) is 11.4 Å². The van der Waals surface area contributed by atoms with E-state index in [0.29, 0.717) is 31.5 Å². The number of hydrogen-bond donors (Lipinski definition) is 1. The molecule has 2 aliphatic heterocycles. The van der Waals surface area contributed by atoms with Gasteiger partial charge in [-0.25, -0.2) is 8.42 Å². The Hall–Kier alpha value is -2.34. The second kappa shape index (κ2) is 5.34. The summed E-state index contributed by atoms with van der Waals surface area (Å²) < 4.78 is 28.2. The van der Waals surface area contributed by atoms with Crippen molar-refractivity contribution in [2.24, 2.45) is 0 Å². The van der Waals surface area contributed by atoms with Crippen LogP contribution in [-0.2, 0) is 27.7 Å². The Balaban J connectivity index is 1.74. The Morgan fingerprint density at radius 1 is 1.04 bits per heavy atom. The molecule has 0 aromatic heterocycles. The third-order valence-corrected chi connectivity index (χ3v) is 5.97. The molecule has 6 heteroatoms. The van der Waals surface area contributed by atoms with Crippen molar-refractivity contribution in [2.75, 3.05) is 16.2 Å². The molecule has 0 aliphatic carbocycles. The van der Waals surface area contributed by atoms with Crippen LogP contribution in [-0.4, -0.2) is 20.9 Å². The summed E-state index contributed by atoms with van der Waals surface area (Å²) in [5, 5.41) is 0. The summed E-state index contributed by atoms with van der Waals surface area (Å²) in [6.07, 6.45) is 1.76. The molecule has 0 saturated carbocycles. The molecule has 2 aromatic carbocycles. The smallest absolute Gasteiger partial charge is 0.261 e. The number of benzene rings is 2. The van der Waals surface area contributed by atoms with Gasteiger partial charge in [0.05, 0.1) is 10.6 Å². The summed E-state index contributed by atoms with van der Waals surface area (Å²) >= 11 is 0. The van der Waals surface area contributed by atoms with Crippen LogP contribution in [0.25, 0.3) is 0 Å². The highest BCUT2D eigenvalue weighted by atomic mass is 32.2. The molecule has 5 nitrogen and oxygen atoms in total. The van der Waals surface area contributed by atoms with E-state index >= 15 is 0 Å². The molecule has 124 valence electrons. The predicted molar refractivity (Wildman–Crippen MR) is 92.8 cm³/mol. The van der Waals surface area contributed by atoms with E-state index in [4.69, 9.17) is 0 Å². The van der Waals surface area contributed by atoms with Crippen molar-refractivity contribution in [3.05, 3.63) is 53.1 Å². The van der Waals surface area contributed by atoms with Gasteiger partial charge in [-0.1, -0.05) is 12.1 Å². The molecule has 0 fully saturated rings. The van der Waals surface area contributed by atoms with E-state index < -0.39 is 10.0 Å². The molecule has 1 amide bonds. The van der Waals surface area contributed by atoms with Gasteiger partial charge in [0.15, 0.2) is 0 Å². The molecule has 2 aromatic rings. The van der Waals surface area contributed by atoms with Gasteiger partial charge in [-0.3, -0.25) is 9.52 Å². The average Bonchev–Trinajstić information content (AvgIpc) is 2.96. The lowest BCUT2D eigenvalue weighted by molar-refractivity contribution is -0.118. The summed E-state index contributed by atoms with van der Waals surface area (Å²) in [6.45, 7) is 2.57. The second-order valence-electron chi connectivity index (χ2n) is 6.36. The lowest BCUT2D eigenvalue weighted by Gasteiger charge is -2.25. The van der Waals surface area contributed by atoms with Crippen LogP contribution in [0.15, 0.2) is 41.3 Å². The molecule has 0 unspecified atom stereocenters. The number of amides is 1. The molecular formula is C18H18N2O3S. The van der Waals surface area contributed by atoms with Gasteiger partial charge in [0.25, 0.3) is 10.0 Å². The molecule has 2 aliphatic rings. The predicted octanol–water partition coefficient (Wildman–Crippen LogP) is 2.63. The topological polar surface area (TPSA) is 66.5 Å². The zero-order valence-corrected chi connectivity index (χ0v) is 14.2. The van der Waals surface area contributed by atoms with Gasteiger partial charge in [-0.2, -0.15) is 0 Å². The van der Waals surface area contributed by atoms with Crippen LogP contribution in [0.1, 0.15) is 23.1 Å². The number of sulfonamides is 1. The monoisotopic (exact) mass is 342 g/mol. The van der Waals surface area contributed by atoms with Crippen molar-refractivity contribution in [1.82, 2.24) is 0 Å². The quantitative estimate of drug-likeness (QED) is 0.932. The van der Waals surface area contributed by atoms with E-state index in [-0.39, 0.29) is 10.8 Å². The zero-order chi connectivity index (χ0) is 16.9. The largest absolute Gasteiger partial charge is 0.312 e. The third-order valence-electron chi connectivity index (χ3n) is 4.61. The molecule has 0 saturated heterocycles. The first-order chi connectivity index (χ1) is 11.4. The van der Waals surface area contributed by atoms with Crippen LogP contribution in [0, 0.1) is 6.92 Å². The number of nitrogens with zero attached hydrogens (tertiary/aromatic N) is 1. The fourth-order valence-corrected chi connectivity index (χ4v) is 4.65. The van der Waals surface area contributed by atoms with Crippen molar-refractivity contribution in [3.63, 3.8) is 0 Å². The molecule has 4 rings (SSSR count). The summed E-state index contributed by atoms with van der Waals surface area (Å²) in [5.41, 5.74) is 4.38. The summed E-state index contributed by atoms with van der Waals surface area (Å²) in [7, 11) is -3.64. The molecule has 0 radical (unpaired) electrons. The number of nitrogens with one attached hydrogen (secondary N) is 1. The van der Waals surface area contributed by atoms with E-state index in [0.717, 1.165) is 22.4 Å². The standard InChI is InChI=1S/C18H18N2O3S/c1-12-3-2-4-15(9-12)19-24(22,23)16-10-13-5-6-17(21)20-8-7-14(11-16)18(13)20/h2-4,9-11,19H,5-8H2,1H3. The highest BCUT2D eigenvalue weighted by Gasteiger charge is 2.32. The maximum atomic E-state index is 12.8. The van der Waals surface area contributed by atoms with Crippen LogP contribution < -0.4 is 9.62 Å². The van der Waals surface area contributed by atoms with Gasteiger partial charge in [-0.15, -0.1) is 0 Å². The summed E-state index contributed by atoms with van der Waals surface area (Å²) in [4.78, 5) is 14.0. The highest BCUT2D eigenvalue weighted by Crippen LogP contribution is 2.38. The fourth-order valence-electron chi connectivity index (χ4n) is 3.50. The lowest BCUT2D eigenvalue weighted by Crippen LogP contribution is -2.33. The summed E-state index contributed by atoms with van der Waals surface area (Å²) in [6, 6.07) is 10.7. The number of aryl methyl sites for hydroxylation is 2. The number of rotatable bonds is 3. The molecule has 24 heavy (non-hydrogen) atoms. The highest BCUT2D eigenvalue weighted by molar-refractivity contribution is 7.92. The number of carbonyl (C=O) groups is 1. The molecular weight excluding hydrogens is 324 g/mol. The Morgan fingerprint density at radius 3 is 2.54 bits per heavy atom. The normalized spacial score (nSPS) is 16.2. The zero-order valence-electron chi connectivity index (χ0n) is 13.4. The van der Waals surface area contributed by atoms with Crippen LogP contribution in [0.3, 0.4) is 0 Å². The maximum absolute atomic E-state index is 12.8. The Labute approximate surface area is 141 Å². The fraction of sp³-hybridized carbons (Fsp3) is 0.278. The van der Waals surface area contributed by atoms with Gasteiger partial charge in [-0.05, 0) is 60.7 Å². The van der Waals surface area contributed by atoms with Crippen molar-refractivity contribution in [3.8, 4) is 0 Å². The molecule has 1 N–H and O–H groups in total. The van der Waals surface area contributed by atoms with E-state index in [1.165, 1.54) is 0 Å². The minimum Gasteiger partial charge on any atom is -0.312 e. The van der Waals surface area contributed by atoms with E-state index in [1.807, 2.05) is 19.1 Å². The molecule has 0 atom stereocenters. The van der Waals surface area contributed by atoms with Gasteiger partial charge in [0.1, 0.15) is 0 Å². The van der Waals surface area contributed by atoms with E-state index in [2.05, 4.69) is 4.72 Å². The van der Waals surface area contributed by atoms with Crippen LogP contribution in [0.2, 0.25) is 0 Å². The van der Waals surface area contributed by atoms with Crippen molar-refractivity contribution in [2.45, 2.75) is 31.1 Å². The number of hydrogen-bond acceptors (Lipinski definition) is 3. The Bertz CT molecular complexity index is 951. The first-order valence-electron chi connectivity index (χ1n) is 8.00. The first kappa shape index (κ1) is 15.2. The van der Waals surface area contributed by atoms with Gasteiger partial charge in [0.2, 0.25) is 5.91 Å². The van der Waals surface area contributed by atoms with Crippen molar-refractivity contribution in [1.29, 1.82) is 0 Å². The Morgan fingerprint density at radius 2 is 1.79 bits per heavy atom. The maximum Gasteiger partial charge on any atom is 0.261 e. The van der Waals surface area contributed by atoms with E-state index in [9.17, 15) is 13.2 Å². The molecule has 0 bridgehead atoms. The number of carbonyl (C=O) groups excluding carboxylic acids is 1. The Kier molecular flexibility index (Phi) is 3.38. The lowest BCUT2D eigenvalue weighted by atomic mass is 10.00. The summed E-state index contributed by atoms with van der Waals surface area (Å²) in [5.74, 6) is 0.134. The molecule has 2 heterocycles. The van der Waals surface area contributed by atoms with Gasteiger partial charge in [0, 0.05) is 18.7 Å². The SMILES string of the molecule is Cc1cccc(NS(=O)(=O)c2cc3c4c(c2)CCN4C(=O)CC3)c1. The van der Waals surface area contributed by atoms with Crippen LogP contribution >= 0.6 is 0 Å². The van der Waals surface area contributed by atoms with Crippen LogP contribution in [0.5, 0.6) is 0 Å². The van der Waals surface area contributed by atoms with Gasteiger partial charge < -0.3 is 4.90 Å². The molecule has 0 spiro atoms. The van der Waals surface area contributed by atoms with Crippen molar-refractivity contribution >= 4 is 27.3 Å². The third kappa shape index (κ3) is 2.47. The van der Waals surface area contributed by atoms with Crippen molar-refractivity contribution < 1.29 is 13.2 Å². The second-order valence-corrected chi connectivity index (χ2v) is 8.04. The van der Waals surface area contributed by atoms with E-state index in [1.54, 1.807) is 29.2 Å². The first-order valence-corrected chi connectivity index (χ1v) is 9.48. The van der Waals surface area contributed by atoms with Gasteiger partial charge >= 0.3 is 0 Å². The number of anilines is 2. The minimum atomic E-state index is -3.64.